The van der Waals surface area contributed by atoms with E-state index in [9.17, 15) is 0 Å². The zero-order chi connectivity index (χ0) is 8.36. The van der Waals surface area contributed by atoms with Gasteiger partial charge in [0.05, 0.1) is 0 Å². The van der Waals surface area contributed by atoms with E-state index < -0.39 is 0 Å². The molecule has 0 amide bonds. The second-order valence-corrected chi connectivity index (χ2v) is 6.02. The van der Waals surface area contributed by atoms with Gasteiger partial charge in [-0.05, 0) is 18.8 Å². The highest BCUT2D eigenvalue weighted by Crippen LogP contribution is 2.25. The second kappa shape index (κ2) is 10.8. The molecule has 0 rings (SSSR count). The summed E-state index contributed by atoms with van der Waals surface area (Å²) in [6.45, 7) is 4.54. The average molecular weight is 192 g/mol. The van der Waals surface area contributed by atoms with Crippen LogP contribution in [-0.4, -0.2) is 12.4 Å². The van der Waals surface area contributed by atoms with Gasteiger partial charge >= 0.3 is 0 Å². The van der Waals surface area contributed by atoms with Crippen molar-refractivity contribution in [3.05, 3.63) is 0 Å². The minimum Gasteiger partial charge on any atom is -0.138 e. The van der Waals surface area contributed by atoms with Gasteiger partial charge in [-0.15, -0.1) is 11.4 Å². The van der Waals surface area contributed by atoms with Gasteiger partial charge < -0.3 is 0 Å². The smallest absolute Gasteiger partial charge is 0.00285 e. The molecule has 0 aliphatic heterocycles. The Morgan fingerprint density at radius 3 is 2.27 bits per heavy atom. The summed E-state index contributed by atoms with van der Waals surface area (Å²) in [7, 11) is 1.09. The molecular formula is C9H21PS. The summed E-state index contributed by atoms with van der Waals surface area (Å²) in [6.07, 6.45) is 8.61. The van der Waals surface area contributed by atoms with Crippen LogP contribution in [0.1, 0.15) is 45.4 Å². The summed E-state index contributed by atoms with van der Waals surface area (Å²) in [5, 5.41) is 0. The van der Waals surface area contributed by atoms with Crippen molar-refractivity contribution in [3.8, 4) is 0 Å². The Bertz CT molecular complexity index is 58.6. The zero-order valence-electron chi connectivity index (χ0n) is 7.86. The molecule has 0 spiro atoms. The molecule has 1 unspecified atom stereocenters. The predicted octanol–water partition coefficient (Wildman–Crippen LogP) is 4.30. The fraction of sp³-hybridized carbons (Fsp3) is 1.00. The molecule has 0 aromatic carbocycles. The van der Waals surface area contributed by atoms with Gasteiger partial charge in [-0.25, -0.2) is 0 Å². The Balaban J connectivity index is 2.69. The molecule has 0 saturated carbocycles. The quantitative estimate of drug-likeness (QED) is 0.408. The summed E-state index contributed by atoms with van der Waals surface area (Å²) in [5.41, 5.74) is 0. The SMILES string of the molecule is CCCCCCCCSPC. The molecular weight excluding hydrogens is 171 g/mol. The molecule has 68 valence electrons. The van der Waals surface area contributed by atoms with Gasteiger partial charge in [-0.1, -0.05) is 46.8 Å². The first kappa shape index (κ1) is 11.8. The number of rotatable bonds is 8. The highest BCUT2D eigenvalue weighted by molar-refractivity contribution is 8.49. The van der Waals surface area contributed by atoms with E-state index in [1.807, 2.05) is 0 Å². The summed E-state index contributed by atoms with van der Waals surface area (Å²) < 4.78 is 0. The molecule has 0 nitrogen and oxygen atoms in total. The maximum atomic E-state index is 2.27. The first-order chi connectivity index (χ1) is 5.41. The molecule has 0 aromatic rings. The molecule has 0 N–H and O–H groups in total. The van der Waals surface area contributed by atoms with Crippen molar-refractivity contribution in [1.29, 1.82) is 0 Å². The van der Waals surface area contributed by atoms with E-state index in [1.165, 1.54) is 44.3 Å². The van der Waals surface area contributed by atoms with E-state index in [0.717, 1.165) is 7.78 Å². The lowest BCUT2D eigenvalue weighted by Crippen LogP contribution is -1.79. The normalized spacial score (nSPS) is 11.5. The molecule has 0 aliphatic rings. The molecule has 0 heterocycles. The number of unbranched alkanes of at least 4 members (excludes halogenated alkanes) is 5. The fourth-order valence-corrected chi connectivity index (χ4v) is 2.65. The third kappa shape index (κ3) is 10.8. The highest BCUT2D eigenvalue weighted by Gasteiger charge is 1.89. The van der Waals surface area contributed by atoms with Gasteiger partial charge in [0.2, 0.25) is 0 Å². The van der Waals surface area contributed by atoms with Crippen LogP contribution >= 0.6 is 19.2 Å². The lowest BCUT2D eigenvalue weighted by Gasteiger charge is -1.98. The largest absolute Gasteiger partial charge is 0.138 e. The van der Waals surface area contributed by atoms with Gasteiger partial charge in [-0.2, -0.15) is 0 Å². The van der Waals surface area contributed by atoms with E-state index in [-0.39, 0.29) is 0 Å². The minimum atomic E-state index is 1.09. The maximum absolute atomic E-state index is 2.27. The third-order valence-electron chi connectivity index (χ3n) is 1.74. The highest BCUT2D eigenvalue weighted by atomic mass is 32.7. The standard InChI is InChI=1S/C9H21PS/c1-3-4-5-6-7-8-9-11-10-2/h10H,3-9H2,1-2H3. The monoisotopic (exact) mass is 192 g/mol. The fourth-order valence-electron chi connectivity index (χ4n) is 1.06. The Morgan fingerprint density at radius 1 is 1.00 bits per heavy atom. The van der Waals surface area contributed by atoms with E-state index in [2.05, 4.69) is 25.0 Å². The molecule has 0 aliphatic carbocycles. The Kier molecular flexibility index (Phi) is 11.5. The molecule has 0 aromatic heterocycles. The summed E-state index contributed by atoms with van der Waals surface area (Å²) in [5.74, 6) is 1.39. The molecule has 0 bridgehead atoms. The van der Waals surface area contributed by atoms with E-state index >= 15 is 0 Å². The third-order valence-corrected chi connectivity index (χ3v) is 4.00. The molecule has 0 radical (unpaired) electrons. The number of hydrogen-bond acceptors (Lipinski definition) is 1. The van der Waals surface area contributed by atoms with Crippen molar-refractivity contribution in [1.82, 2.24) is 0 Å². The summed E-state index contributed by atoms with van der Waals surface area (Å²) in [6, 6.07) is 0. The maximum Gasteiger partial charge on any atom is -0.00285 e. The van der Waals surface area contributed by atoms with Gasteiger partial charge in [0.25, 0.3) is 0 Å². The Morgan fingerprint density at radius 2 is 1.64 bits per heavy atom. The van der Waals surface area contributed by atoms with Crippen LogP contribution < -0.4 is 0 Å². The molecule has 11 heavy (non-hydrogen) atoms. The van der Waals surface area contributed by atoms with Crippen molar-refractivity contribution >= 4 is 19.2 Å². The van der Waals surface area contributed by atoms with Crippen LogP contribution in [0.25, 0.3) is 0 Å². The summed E-state index contributed by atoms with van der Waals surface area (Å²) >= 11 is 2.10. The topological polar surface area (TPSA) is 0 Å². The van der Waals surface area contributed by atoms with E-state index in [1.54, 1.807) is 0 Å². The van der Waals surface area contributed by atoms with Crippen LogP contribution in [0.2, 0.25) is 0 Å². The first-order valence-corrected chi connectivity index (χ1v) is 7.91. The van der Waals surface area contributed by atoms with Gasteiger partial charge in [0.15, 0.2) is 0 Å². The summed E-state index contributed by atoms with van der Waals surface area (Å²) in [4.78, 5) is 0. The molecule has 1 atom stereocenters. The molecule has 2 heteroatoms. The van der Waals surface area contributed by atoms with Crippen LogP contribution in [-0.2, 0) is 0 Å². The van der Waals surface area contributed by atoms with Crippen LogP contribution in [0.3, 0.4) is 0 Å². The number of hydrogen-bond donors (Lipinski definition) is 0. The van der Waals surface area contributed by atoms with Gasteiger partial charge in [0, 0.05) is 0 Å². The van der Waals surface area contributed by atoms with Crippen molar-refractivity contribution in [2.45, 2.75) is 45.4 Å². The van der Waals surface area contributed by atoms with Gasteiger partial charge in [0.1, 0.15) is 0 Å². The van der Waals surface area contributed by atoms with Crippen LogP contribution in [0.5, 0.6) is 0 Å². The van der Waals surface area contributed by atoms with Crippen LogP contribution in [0.4, 0.5) is 0 Å². The Labute approximate surface area is 77.4 Å². The van der Waals surface area contributed by atoms with Crippen LogP contribution in [0, 0.1) is 0 Å². The minimum absolute atomic E-state index is 1.09. The first-order valence-electron chi connectivity index (χ1n) is 4.70. The zero-order valence-corrected chi connectivity index (χ0v) is 9.67. The van der Waals surface area contributed by atoms with Crippen molar-refractivity contribution in [2.24, 2.45) is 0 Å². The Hall–Kier alpha value is 0.780. The van der Waals surface area contributed by atoms with Crippen LogP contribution in [0.15, 0.2) is 0 Å². The second-order valence-electron chi connectivity index (χ2n) is 2.82. The molecule has 0 saturated heterocycles. The average Bonchev–Trinajstić information content (AvgIpc) is 2.03. The van der Waals surface area contributed by atoms with Crippen molar-refractivity contribution in [3.63, 3.8) is 0 Å². The molecule has 0 fully saturated rings. The van der Waals surface area contributed by atoms with Crippen molar-refractivity contribution in [2.75, 3.05) is 12.4 Å². The van der Waals surface area contributed by atoms with E-state index in [0.29, 0.717) is 0 Å². The lowest BCUT2D eigenvalue weighted by atomic mass is 10.1. The van der Waals surface area contributed by atoms with Crippen molar-refractivity contribution < 1.29 is 0 Å². The predicted molar refractivity (Wildman–Crippen MR) is 60.1 cm³/mol. The van der Waals surface area contributed by atoms with Gasteiger partial charge in [-0.3, -0.25) is 0 Å². The van der Waals surface area contributed by atoms with E-state index in [4.69, 9.17) is 0 Å². The lowest BCUT2D eigenvalue weighted by molar-refractivity contribution is 0.627.